The first-order valence-corrected chi connectivity index (χ1v) is 6.07. The quantitative estimate of drug-likeness (QED) is 0.791. The Morgan fingerprint density at radius 3 is 2.39 bits per heavy atom. The van der Waals surface area contributed by atoms with Gasteiger partial charge in [-0.2, -0.15) is 13.2 Å². The second-order valence-electron chi connectivity index (χ2n) is 4.09. The first kappa shape index (κ1) is 13.3. The van der Waals surface area contributed by atoms with Gasteiger partial charge in [0.25, 0.3) is 0 Å². The molecule has 1 saturated heterocycles. The molecular weight excluding hydrogens is 261 g/mol. The molecule has 0 atom stereocenters. The van der Waals surface area contributed by atoms with E-state index in [0.29, 0.717) is 13.1 Å². The molecule has 1 aromatic carbocycles. The maximum Gasteiger partial charge on any atom is 0.417 e. The van der Waals surface area contributed by atoms with Gasteiger partial charge < -0.3 is 10.2 Å². The minimum atomic E-state index is -4.37. The highest BCUT2D eigenvalue weighted by molar-refractivity contribution is 7.80. The van der Waals surface area contributed by atoms with Gasteiger partial charge in [-0.05, 0) is 6.07 Å². The fraction of sp³-hybridized carbons (Fsp3) is 0.417. The molecule has 0 aliphatic carbocycles. The number of thiocarbonyl (C=S) groups is 1. The van der Waals surface area contributed by atoms with Crippen molar-refractivity contribution in [2.24, 2.45) is 0 Å². The van der Waals surface area contributed by atoms with Crippen LogP contribution in [0.15, 0.2) is 24.3 Å². The monoisotopic (exact) mass is 274 g/mol. The topological polar surface area (TPSA) is 15.3 Å². The molecule has 0 aromatic heterocycles. The maximum absolute atomic E-state index is 12.9. The van der Waals surface area contributed by atoms with Gasteiger partial charge in [0.15, 0.2) is 0 Å². The molecule has 0 bridgehead atoms. The molecule has 1 aliphatic rings. The van der Waals surface area contributed by atoms with Gasteiger partial charge in [0, 0.05) is 31.7 Å². The van der Waals surface area contributed by atoms with Crippen molar-refractivity contribution in [2.75, 3.05) is 26.2 Å². The summed E-state index contributed by atoms with van der Waals surface area (Å²) in [6, 6.07) is 5.47. The van der Waals surface area contributed by atoms with Crippen LogP contribution in [0, 0.1) is 0 Å². The molecule has 1 fully saturated rings. The normalized spacial score (nSPS) is 16.7. The number of halogens is 3. The summed E-state index contributed by atoms with van der Waals surface area (Å²) in [4.78, 5) is 2.10. The first-order valence-electron chi connectivity index (χ1n) is 5.66. The van der Waals surface area contributed by atoms with Crippen molar-refractivity contribution in [3.8, 4) is 0 Å². The van der Waals surface area contributed by atoms with E-state index in [1.54, 1.807) is 6.07 Å². The SMILES string of the molecule is FC(F)(F)c1ccccc1C(=S)N1CCNCC1. The number of hydrogen-bond donors (Lipinski definition) is 1. The lowest BCUT2D eigenvalue weighted by Gasteiger charge is -2.30. The van der Waals surface area contributed by atoms with E-state index in [9.17, 15) is 13.2 Å². The van der Waals surface area contributed by atoms with Gasteiger partial charge in [-0.15, -0.1) is 0 Å². The van der Waals surface area contributed by atoms with Gasteiger partial charge >= 0.3 is 6.18 Å². The van der Waals surface area contributed by atoms with Gasteiger partial charge in [-0.1, -0.05) is 30.4 Å². The summed E-state index contributed by atoms with van der Waals surface area (Å²) in [5, 5.41) is 3.14. The molecule has 0 saturated carbocycles. The Labute approximate surface area is 109 Å². The van der Waals surface area contributed by atoms with Crippen molar-refractivity contribution in [3.63, 3.8) is 0 Å². The van der Waals surface area contributed by atoms with Crippen LogP contribution >= 0.6 is 12.2 Å². The average molecular weight is 274 g/mol. The van der Waals surface area contributed by atoms with Crippen molar-refractivity contribution < 1.29 is 13.2 Å². The van der Waals surface area contributed by atoms with E-state index < -0.39 is 11.7 Å². The van der Waals surface area contributed by atoms with Crippen molar-refractivity contribution in [2.45, 2.75) is 6.18 Å². The molecule has 6 heteroatoms. The summed E-state index contributed by atoms with van der Waals surface area (Å²) >= 11 is 5.20. The standard InChI is InChI=1S/C12H13F3N2S/c13-12(14,15)10-4-2-1-3-9(10)11(18)17-7-5-16-6-8-17/h1-4,16H,5-8H2. The van der Waals surface area contributed by atoms with Crippen LogP contribution in [-0.2, 0) is 6.18 Å². The van der Waals surface area contributed by atoms with E-state index in [0.717, 1.165) is 19.2 Å². The van der Waals surface area contributed by atoms with Crippen molar-refractivity contribution in [1.29, 1.82) is 0 Å². The Hall–Kier alpha value is -1.14. The van der Waals surface area contributed by atoms with Crippen LogP contribution in [0.4, 0.5) is 13.2 Å². The number of benzene rings is 1. The van der Waals surface area contributed by atoms with E-state index in [4.69, 9.17) is 12.2 Å². The van der Waals surface area contributed by atoms with Gasteiger partial charge in [0.05, 0.1) is 5.56 Å². The summed E-state index contributed by atoms with van der Waals surface area (Å²) in [5.74, 6) is 0. The molecule has 0 unspecified atom stereocenters. The van der Waals surface area contributed by atoms with Crippen molar-refractivity contribution >= 4 is 17.2 Å². The molecule has 1 heterocycles. The summed E-state index contributed by atoms with van der Waals surface area (Å²) in [6.45, 7) is 2.78. The Morgan fingerprint density at radius 2 is 1.78 bits per heavy atom. The molecule has 1 N–H and O–H groups in total. The van der Waals surface area contributed by atoms with Crippen LogP contribution in [0.5, 0.6) is 0 Å². The Morgan fingerprint density at radius 1 is 1.17 bits per heavy atom. The zero-order valence-electron chi connectivity index (χ0n) is 9.63. The Balaban J connectivity index is 2.30. The molecular formula is C12H13F3N2S. The van der Waals surface area contributed by atoms with E-state index in [2.05, 4.69) is 5.32 Å². The largest absolute Gasteiger partial charge is 0.417 e. The van der Waals surface area contributed by atoms with Crippen LogP contribution in [0.1, 0.15) is 11.1 Å². The predicted molar refractivity (Wildman–Crippen MR) is 67.6 cm³/mol. The van der Waals surface area contributed by atoms with E-state index in [-0.39, 0.29) is 10.6 Å². The second kappa shape index (κ2) is 5.24. The van der Waals surface area contributed by atoms with Crippen LogP contribution in [0.2, 0.25) is 0 Å². The highest BCUT2D eigenvalue weighted by Gasteiger charge is 2.34. The molecule has 2 nitrogen and oxygen atoms in total. The van der Waals surface area contributed by atoms with Gasteiger partial charge in [-0.25, -0.2) is 0 Å². The summed E-state index contributed by atoms with van der Waals surface area (Å²) in [7, 11) is 0. The van der Waals surface area contributed by atoms with Crippen LogP contribution < -0.4 is 5.32 Å². The maximum atomic E-state index is 12.9. The van der Waals surface area contributed by atoms with E-state index in [1.165, 1.54) is 12.1 Å². The molecule has 1 aromatic rings. The Kier molecular flexibility index (Phi) is 3.87. The highest BCUT2D eigenvalue weighted by Crippen LogP contribution is 2.32. The highest BCUT2D eigenvalue weighted by atomic mass is 32.1. The molecule has 1 aliphatic heterocycles. The number of piperazine rings is 1. The molecule has 0 spiro atoms. The van der Waals surface area contributed by atoms with E-state index in [1.807, 2.05) is 4.90 Å². The number of rotatable bonds is 1. The number of hydrogen-bond acceptors (Lipinski definition) is 2. The fourth-order valence-corrected chi connectivity index (χ4v) is 2.32. The lowest BCUT2D eigenvalue weighted by Crippen LogP contribution is -2.46. The van der Waals surface area contributed by atoms with Crippen LogP contribution in [-0.4, -0.2) is 36.1 Å². The number of nitrogens with zero attached hydrogens (tertiary/aromatic N) is 1. The van der Waals surface area contributed by atoms with Gasteiger partial charge in [0.2, 0.25) is 0 Å². The average Bonchev–Trinajstić information content (AvgIpc) is 2.38. The molecule has 18 heavy (non-hydrogen) atoms. The van der Waals surface area contributed by atoms with Crippen molar-refractivity contribution in [1.82, 2.24) is 10.2 Å². The molecule has 0 radical (unpaired) electrons. The molecule has 2 rings (SSSR count). The third kappa shape index (κ3) is 2.81. The minimum Gasteiger partial charge on any atom is -0.360 e. The predicted octanol–water partition coefficient (Wildman–Crippen LogP) is 2.29. The van der Waals surface area contributed by atoms with Crippen molar-refractivity contribution in [3.05, 3.63) is 35.4 Å². The van der Waals surface area contributed by atoms with Crippen LogP contribution in [0.3, 0.4) is 0 Å². The first-order chi connectivity index (χ1) is 8.50. The zero-order chi connectivity index (χ0) is 13.2. The van der Waals surface area contributed by atoms with Gasteiger partial charge in [-0.3, -0.25) is 0 Å². The summed E-state index contributed by atoms with van der Waals surface area (Å²) < 4.78 is 38.7. The Bertz CT molecular complexity index is 439. The second-order valence-corrected chi connectivity index (χ2v) is 4.47. The smallest absolute Gasteiger partial charge is 0.360 e. The zero-order valence-corrected chi connectivity index (χ0v) is 10.4. The number of nitrogens with one attached hydrogen (secondary N) is 1. The number of alkyl halides is 3. The lowest BCUT2D eigenvalue weighted by molar-refractivity contribution is -0.137. The third-order valence-electron chi connectivity index (χ3n) is 2.87. The summed E-state index contributed by atoms with van der Waals surface area (Å²) in [5.41, 5.74) is -0.560. The third-order valence-corrected chi connectivity index (χ3v) is 3.35. The molecule has 0 amide bonds. The minimum absolute atomic E-state index is 0.0990. The van der Waals surface area contributed by atoms with Crippen LogP contribution in [0.25, 0.3) is 0 Å². The van der Waals surface area contributed by atoms with Gasteiger partial charge in [0.1, 0.15) is 4.99 Å². The summed E-state index contributed by atoms with van der Waals surface area (Å²) in [6.07, 6.45) is -4.37. The molecule has 98 valence electrons. The lowest BCUT2D eigenvalue weighted by atomic mass is 10.1. The fourth-order valence-electron chi connectivity index (χ4n) is 1.96. The van der Waals surface area contributed by atoms with E-state index >= 15 is 0 Å².